The maximum atomic E-state index is 16.8. The fourth-order valence-corrected chi connectivity index (χ4v) is 16.4. The molecule has 0 radical (unpaired) electrons. The minimum atomic E-state index is -2.45. The number of unbranched alkanes of at least 4 members (excludes halogenated alkanes) is 5. The summed E-state index contributed by atoms with van der Waals surface area (Å²) in [5.41, 5.74) is -2.68. The lowest BCUT2D eigenvalue weighted by molar-refractivity contribution is -0.277. The molecule has 8 amide bonds. The number of amides is 8. The Morgan fingerprint density at radius 3 is 1.91 bits per heavy atom. The van der Waals surface area contributed by atoms with Gasteiger partial charge in [0.15, 0.2) is 29.1 Å². The minimum Gasteiger partial charge on any atom is -0.508 e. The molecular weight excluding hydrogens is 1720 g/mol. The molecule has 17 bridgehead atoms. The Kier molecular flexibility index (Phi) is 29.7. The molecule has 7 aromatic rings. The van der Waals surface area contributed by atoms with E-state index in [2.05, 4.69) is 61.7 Å². The van der Waals surface area contributed by atoms with E-state index < -0.39 is 271 Å². The summed E-state index contributed by atoms with van der Waals surface area (Å²) < 4.78 is 44.5. The van der Waals surface area contributed by atoms with Gasteiger partial charge in [0.25, 0.3) is 0 Å². The van der Waals surface area contributed by atoms with Crippen LogP contribution < -0.4 is 71.5 Å². The summed E-state index contributed by atoms with van der Waals surface area (Å²) in [5, 5.41) is 161. The first-order chi connectivity index (χ1) is 61.1. The number of rotatable bonds is 22. The predicted octanol–water partition coefficient (Wildman–Crippen LogP) is 4.17. The van der Waals surface area contributed by atoms with Crippen molar-refractivity contribution in [2.75, 3.05) is 40.8 Å². The second-order valence-corrected chi connectivity index (χ2v) is 33.5. The van der Waals surface area contributed by atoms with Crippen molar-refractivity contribution in [2.45, 2.75) is 188 Å². The van der Waals surface area contributed by atoms with E-state index in [1.807, 2.05) is 0 Å². The zero-order valence-corrected chi connectivity index (χ0v) is 71.2. The maximum Gasteiger partial charge on any atom is 0.335 e. The van der Waals surface area contributed by atoms with Gasteiger partial charge in [-0.05, 0) is 153 Å². The van der Waals surface area contributed by atoms with Crippen LogP contribution in [0.1, 0.15) is 147 Å². The van der Waals surface area contributed by atoms with Gasteiger partial charge in [0.2, 0.25) is 65.6 Å². The maximum absolute atomic E-state index is 16.8. The first-order valence-electron chi connectivity index (χ1n) is 41.5. The van der Waals surface area contributed by atoms with Gasteiger partial charge >= 0.3 is 5.97 Å². The number of aliphatic hydroxyl groups is 7. The SMILES string of the molecule is CN[C@H]1C(=O)NC2Cc3ccc(cc3)Oc3cc4cc(c3O[C@@H]3OC(C(=O)O)C(O)[C@H](O)C3NC(=O)CCCCCCCCC(C)C)Oc3ccc(cc3Cl)[C@@H](O)[C@@H]3NC(=O)[C@H](NC(=O)C4NC(=O)C(NC2=O)c2cc(cc(O)c2Cl)Oc2cc1ccc2O)c1ccc(O)c(c1)-c1c(OC2O[C@H](CO)C(O)[C@H](O)[C@@H]2O)cc(O)cc1C(C(=O)NCCCN(C)C)NC3=O. The molecule has 2 fully saturated rings. The van der Waals surface area contributed by atoms with Gasteiger partial charge in [0, 0.05) is 48.2 Å². The average Bonchev–Trinajstić information content (AvgIpc) is 0.755. The highest BCUT2D eigenvalue weighted by Gasteiger charge is 2.52. The highest BCUT2D eigenvalue weighted by molar-refractivity contribution is 6.33. The number of carboxylic acids is 1. The van der Waals surface area contributed by atoms with Crippen molar-refractivity contribution in [3.63, 3.8) is 0 Å². The molecule has 0 aliphatic carbocycles. The third-order valence-electron chi connectivity index (χ3n) is 22.7. The van der Waals surface area contributed by atoms with Crippen LogP contribution in [-0.2, 0) is 59.0 Å². The van der Waals surface area contributed by atoms with Crippen molar-refractivity contribution in [2.24, 2.45) is 5.92 Å². The first-order valence-corrected chi connectivity index (χ1v) is 42.3. The highest BCUT2D eigenvalue weighted by Crippen LogP contribution is 2.51. The number of phenolic OH excluding ortho intramolecular Hbond substituents is 4. The number of aliphatic hydroxyl groups excluding tert-OH is 7. The predicted molar refractivity (Wildman–Crippen MR) is 452 cm³/mol. The van der Waals surface area contributed by atoms with Crippen LogP contribution in [0.2, 0.25) is 10.0 Å². The monoisotopic (exact) mass is 1810 g/mol. The van der Waals surface area contributed by atoms with Crippen LogP contribution in [0.5, 0.6) is 69.0 Å². The molecule has 15 rings (SSSR count). The Labute approximate surface area is 742 Å². The molecule has 8 aliphatic heterocycles. The topological polar surface area (TPSA) is 573 Å². The van der Waals surface area contributed by atoms with Gasteiger partial charge in [-0.1, -0.05) is 106 Å². The van der Waals surface area contributed by atoms with Gasteiger partial charge in [-0.3, -0.25) is 38.4 Å². The number of aliphatic carboxylic acids is 1. The molecule has 8 aliphatic rings. The number of nitrogens with one attached hydrogen (secondary N) is 9. The molecule has 21 N–H and O–H groups in total. The van der Waals surface area contributed by atoms with Crippen molar-refractivity contribution >= 4 is 76.4 Å². The number of phenols is 4. The molecule has 18 atom stereocenters. The standard InChI is InChI=1S/C88H100Cl2N10O28/c1-38(2)13-10-8-6-7-9-11-14-61(106)94-70-73(109)75(111)78(86(120)121)128-87(70)127-77-58-31-43-32-59(77)124-55-24-19-42(29-50(55)89)71(107)69-85(119)98-67(80(114)92-25-12-26-100(4)5)48-33-44(102)34-57(125-88-76(112)74(110)72(108)60(37-101)126-88)62(48)47-28-40(17-22-52(47)103)65(82(116)99-69)95-83(117)66(43)96-84(118)68-49-35-46(36-54(105)63(49)90)123-56-30-41(18-23-53(56)104)64(91-3)81(115)93-51(79(113)97-68)27-39-15-20-45(122-58)21-16-39/h15-24,28-36,38,51,60,64-76,78,87-88,91,101-105,107-112H,6-14,25-27,37H2,1-5H3,(H,92,114)(H,93,115)(H,94,106)(H,95,117)(H,96,118)(H,97,113)(H,98,119)(H,99,116)(H,120,121)/t51?,60-,64-,65-,66?,67?,68?,69+,70?,71-,72?,73-,74+,75?,76+,78?,87-,88?/m1/s1. The van der Waals surface area contributed by atoms with Crippen molar-refractivity contribution in [1.82, 2.24) is 52.8 Å². The van der Waals surface area contributed by atoms with Gasteiger partial charge in [-0.2, -0.15) is 0 Å². The Hall–Kier alpha value is -11.9. The van der Waals surface area contributed by atoms with E-state index >= 15 is 28.8 Å². The second-order valence-electron chi connectivity index (χ2n) is 32.7. The summed E-state index contributed by atoms with van der Waals surface area (Å²) in [6.45, 7) is 3.61. The summed E-state index contributed by atoms with van der Waals surface area (Å²) in [5.74, 6) is -17.5. The minimum absolute atomic E-state index is 0.0943. The van der Waals surface area contributed by atoms with E-state index in [9.17, 15) is 75.7 Å². The molecule has 9 unspecified atom stereocenters. The number of aromatic hydroxyl groups is 4. The zero-order chi connectivity index (χ0) is 92.0. The number of carbonyl (C=O) groups excluding carboxylic acids is 8. The highest BCUT2D eigenvalue weighted by atomic mass is 35.5. The third kappa shape index (κ3) is 21.1. The summed E-state index contributed by atoms with van der Waals surface area (Å²) in [7, 11) is 4.95. The zero-order valence-electron chi connectivity index (χ0n) is 69.7. The number of nitrogens with zero attached hydrogens (tertiary/aromatic N) is 1. The van der Waals surface area contributed by atoms with Crippen LogP contribution in [0.4, 0.5) is 0 Å². The lowest BCUT2D eigenvalue weighted by Crippen LogP contribution is -2.66. The number of ether oxygens (including phenoxy) is 7. The molecule has 7 aromatic carbocycles. The van der Waals surface area contributed by atoms with Crippen LogP contribution >= 0.6 is 23.2 Å². The molecule has 40 heteroatoms. The van der Waals surface area contributed by atoms with Crippen LogP contribution in [0.15, 0.2) is 115 Å². The van der Waals surface area contributed by atoms with E-state index in [4.69, 9.17) is 56.4 Å². The lowest BCUT2D eigenvalue weighted by atomic mass is 9.89. The van der Waals surface area contributed by atoms with Gasteiger partial charge in [0.05, 0.1) is 16.7 Å². The summed E-state index contributed by atoms with van der Waals surface area (Å²) in [6.07, 6.45) is -15.8. The number of benzene rings is 7. The first kappa shape index (κ1) is 93.7. The van der Waals surface area contributed by atoms with E-state index in [-0.39, 0.29) is 47.8 Å². The van der Waals surface area contributed by atoms with E-state index in [0.717, 1.165) is 105 Å². The second kappa shape index (κ2) is 40.6. The van der Waals surface area contributed by atoms with E-state index in [1.54, 1.807) is 19.0 Å². The molecule has 0 aromatic heterocycles. The van der Waals surface area contributed by atoms with E-state index in [1.165, 1.54) is 49.5 Å². The number of carboxylic acid groups (broad SMARTS) is 1. The Balaban J connectivity index is 1.04. The van der Waals surface area contributed by atoms with Crippen LogP contribution in [0.25, 0.3) is 11.1 Å². The fourth-order valence-electron chi connectivity index (χ4n) is 15.9. The number of likely N-dealkylation sites (N-methyl/N-ethyl adjacent to an activating group) is 1. The van der Waals surface area contributed by atoms with Crippen molar-refractivity contribution in [3.8, 4) is 80.1 Å². The van der Waals surface area contributed by atoms with Crippen molar-refractivity contribution in [3.05, 3.63) is 164 Å². The largest absolute Gasteiger partial charge is 0.508 e. The molecule has 128 heavy (non-hydrogen) atoms. The summed E-state index contributed by atoms with van der Waals surface area (Å²) in [4.78, 5) is 140. The molecule has 684 valence electrons. The molecule has 2 saturated heterocycles. The number of halogens is 2. The Bertz CT molecular complexity index is 5340. The van der Waals surface area contributed by atoms with Gasteiger partial charge in [-0.15, -0.1) is 0 Å². The van der Waals surface area contributed by atoms with Gasteiger partial charge in [-0.25, -0.2) is 4.79 Å². The smallest absolute Gasteiger partial charge is 0.335 e. The van der Waals surface area contributed by atoms with Gasteiger partial charge in [0.1, 0.15) is 131 Å². The molecular formula is C88H100Cl2N10O28. The van der Waals surface area contributed by atoms with Gasteiger partial charge < -0.3 is 147 Å². The quantitative estimate of drug-likeness (QED) is 0.0423. The number of fused-ring (bicyclic) bond motifs is 14. The lowest BCUT2D eigenvalue weighted by Gasteiger charge is -2.41. The number of carbonyl (C=O) groups is 9. The molecule has 0 spiro atoms. The summed E-state index contributed by atoms with van der Waals surface area (Å²) >= 11 is 14.3. The van der Waals surface area contributed by atoms with E-state index in [0.29, 0.717) is 30.9 Å². The van der Waals surface area contributed by atoms with Crippen LogP contribution in [0, 0.1) is 5.92 Å². The van der Waals surface area contributed by atoms with Crippen molar-refractivity contribution < 1.29 is 138 Å². The Morgan fingerprint density at radius 1 is 0.562 bits per heavy atom. The molecule has 8 heterocycles. The molecule has 0 saturated carbocycles. The van der Waals surface area contributed by atoms with Crippen LogP contribution in [0.3, 0.4) is 0 Å². The van der Waals surface area contributed by atoms with Crippen LogP contribution in [-0.4, -0.2) is 234 Å². The number of hydrogen-bond donors (Lipinski definition) is 21. The third-order valence-corrected chi connectivity index (χ3v) is 23.4. The molecule has 38 nitrogen and oxygen atoms in total. The number of hydrogen-bond acceptors (Lipinski definition) is 29. The average molecular weight is 1820 g/mol. The summed E-state index contributed by atoms with van der Waals surface area (Å²) in [6, 6.07) is 5.68. The van der Waals surface area contributed by atoms with Crippen molar-refractivity contribution in [1.29, 1.82) is 0 Å². The Morgan fingerprint density at radius 2 is 1.21 bits per heavy atom. The normalized spacial score (nSPS) is 25.8. The fraction of sp³-hybridized carbons (Fsp3) is 0.420.